The van der Waals surface area contributed by atoms with Gasteiger partial charge in [-0.25, -0.2) is 4.98 Å². The van der Waals surface area contributed by atoms with Crippen molar-refractivity contribution in [2.75, 3.05) is 0 Å². The third-order valence-corrected chi connectivity index (χ3v) is 5.61. The molecule has 0 unspecified atom stereocenters. The Labute approximate surface area is 181 Å². The quantitative estimate of drug-likeness (QED) is 0.378. The first-order valence-corrected chi connectivity index (χ1v) is 10.3. The third kappa shape index (κ3) is 3.78. The van der Waals surface area contributed by atoms with Crippen LogP contribution in [0.1, 0.15) is 24.0 Å². The Balaban J connectivity index is 1.80. The zero-order valence-electron chi connectivity index (χ0n) is 15.9. The summed E-state index contributed by atoms with van der Waals surface area (Å²) >= 11 is 9.57. The fourth-order valence-electron chi connectivity index (χ4n) is 3.17. The summed E-state index contributed by atoms with van der Waals surface area (Å²) in [5, 5.41) is 5.73. The number of benzene rings is 2. The van der Waals surface area contributed by atoms with E-state index in [0.717, 1.165) is 26.4 Å². The minimum Gasteiger partial charge on any atom is -0.316 e. The highest BCUT2D eigenvalue weighted by Gasteiger charge is 2.10. The van der Waals surface area contributed by atoms with E-state index in [9.17, 15) is 4.79 Å². The Morgan fingerprint density at radius 2 is 2.03 bits per heavy atom. The molecule has 2 aromatic heterocycles. The molecule has 0 aliphatic heterocycles. The summed E-state index contributed by atoms with van der Waals surface area (Å²) in [7, 11) is 0. The van der Waals surface area contributed by atoms with E-state index >= 15 is 0 Å². The monoisotopic (exact) mass is 468 g/mol. The molecular weight excluding hydrogens is 452 g/mol. The standard InChI is InChI=1S/C22H18BrClN4O/c1-3-21-26-20-9-6-15(23)12-18(20)22(29)28(21)25-13-17-5-4-10-27(17)16-7-8-19(24)14(2)11-16/h4-13H,3H2,1-2H3. The van der Waals surface area contributed by atoms with Gasteiger partial charge in [0.1, 0.15) is 5.82 Å². The molecule has 29 heavy (non-hydrogen) atoms. The lowest BCUT2D eigenvalue weighted by atomic mass is 10.2. The molecule has 2 heterocycles. The number of aryl methyl sites for hydroxylation is 2. The second kappa shape index (κ2) is 7.97. The van der Waals surface area contributed by atoms with E-state index in [-0.39, 0.29) is 5.56 Å². The molecule has 0 bridgehead atoms. The number of rotatable bonds is 4. The fraction of sp³-hybridized carbons (Fsp3) is 0.136. The van der Waals surface area contributed by atoms with Crippen LogP contribution in [0.15, 0.2) is 69.1 Å². The lowest BCUT2D eigenvalue weighted by Crippen LogP contribution is -2.22. The first-order valence-electron chi connectivity index (χ1n) is 9.17. The minimum atomic E-state index is -0.190. The van der Waals surface area contributed by atoms with Gasteiger partial charge in [0.15, 0.2) is 0 Å². The summed E-state index contributed by atoms with van der Waals surface area (Å²) in [6.45, 7) is 3.92. The molecule has 0 aliphatic rings. The molecule has 5 nitrogen and oxygen atoms in total. The highest BCUT2D eigenvalue weighted by Crippen LogP contribution is 2.20. The smallest absolute Gasteiger partial charge is 0.282 e. The number of nitrogens with zero attached hydrogens (tertiary/aromatic N) is 4. The van der Waals surface area contributed by atoms with E-state index in [0.29, 0.717) is 23.1 Å². The molecule has 4 rings (SSSR count). The van der Waals surface area contributed by atoms with Gasteiger partial charge >= 0.3 is 0 Å². The molecule has 0 atom stereocenters. The molecule has 7 heteroatoms. The Kier molecular flexibility index (Phi) is 5.39. The first kappa shape index (κ1) is 19.6. The van der Waals surface area contributed by atoms with Crippen LogP contribution in [-0.4, -0.2) is 20.4 Å². The summed E-state index contributed by atoms with van der Waals surface area (Å²) in [6, 6.07) is 15.2. The Morgan fingerprint density at radius 3 is 2.79 bits per heavy atom. The van der Waals surface area contributed by atoms with Crippen LogP contribution in [0.2, 0.25) is 5.02 Å². The maximum atomic E-state index is 13.0. The van der Waals surface area contributed by atoms with Crippen LogP contribution in [0.4, 0.5) is 0 Å². The number of halogens is 2. The summed E-state index contributed by atoms with van der Waals surface area (Å²) in [5.74, 6) is 0.613. The van der Waals surface area contributed by atoms with Gasteiger partial charge in [0, 0.05) is 27.8 Å². The van der Waals surface area contributed by atoms with Gasteiger partial charge in [-0.2, -0.15) is 9.78 Å². The molecule has 0 amide bonds. The Bertz CT molecular complexity index is 1310. The summed E-state index contributed by atoms with van der Waals surface area (Å²) in [5.41, 5.74) is 3.29. The van der Waals surface area contributed by atoms with Gasteiger partial charge in [-0.1, -0.05) is 34.5 Å². The molecule has 0 radical (unpaired) electrons. The average molecular weight is 470 g/mol. The largest absolute Gasteiger partial charge is 0.316 e. The van der Waals surface area contributed by atoms with Crippen LogP contribution < -0.4 is 5.56 Å². The molecule has 0 spiro atoms. The minimum absolute atomic E-state index is 0.190. The van der Waals surface area contributed by atoms with Crippen LogP contribution in [-0.2, 0) is 6.42 Å². The predicted octanol–water partition coefficient (Wildman–Crippen LogP) is 5.36. The zero-order valence-corrected chi connectivity index (χ0v) is 18.3. The maximum Gasteiger partial charge on any atom is 0.282 e. The first-order chi connectivity index (χ1) is 14.0. The van der Waals surface area contributed by atoms with E-state index in [4.69, 9.17) is 11.6 Å². The van der Waals surface area contributed by atoms with Crippen molar-refractivity contribution >= 4 is 44.6 Å². The van der Waals surface area contributed by atoms with E-state index in [1.165, 1.54) is 4.68 Å². The van der Waals surface area contributed by atoms with Crippen molar-refractivity contribution in [3.05, 3.63) is 91.7 Å². The maximum absolute atomic E-state index is 13.0. The van der Waals surface area contributed by atoms with Crippen molar-refractivity contribution in [3.8, 4) is 5.69 Å². The van der Waals surface area contributed by atoms with Crippen LogP contribution >= 0.6 is 27.5 Å². The van der Waals surface area contributed by atoms with Crippen molar-refractivity contribution in [1.29, 1.82) is 0 Å². The molecular formula is C22H18BrClN4O. The molecule has 0 N–H and O–H groups in total. The van der Waals surface area contributed by atoms with E-state index < -0.39 is 0 Å². The highest BCUT2D eigenvalue weighted by atomic mass is 79.9. The summed E-state index contributed by atoms with van der Waals surface area (Å²) in [6.07, 6.45) is 4.22. The van der Waals surface area contributed by atoms with E-state index in [1.54, 1.807) is 12.3 Å². The molecule has 2 aromatic carbocycles. The van der Waals surface area contributed by atoms with Gasteiger partial charge in [0.2, 0.25) is 0 Å². The fourth-order valence-corrected chi connectivity index (χ4v) is 3.65. The number of hydrogen-bond acceptors (Lipinski definition) is 3. The highest BCUT2D eigenvalue weighted by molar-refractivity contribution is 9.10. The van der Waals surface area contributed by atoms with Crippen molar-refractivity contribution in [1.82, 2.24) is 14.2 Å². The SMILES string of the molecule is CCc1nc2ccc(Br)cc2c(=O)n1N=Cc1cccn1-c1ccc(Cl)c(C)c1. The summed E-state index contributed by atoms with van der Waals surface area (Å²) in [4.78, 5) is 17.6. The van der Waals surface area contributed by atoms with Gasteiger partial charge in [-0.05, 0) is 61.0 Å². The molecule has 0 aliphatic carbocycles. The molecule has 146 valence electrons. The van der Waals surface area contributed by atoms with Crippen LogP contribution in [0.5, 0.6) is 0 Å². The van der Waals surface area contributed by atoms with Crippen molar-refractivity contribution in [2.24, 2.45) is 5.10 Å². The average Bonchev–Trinajstić information content (AvgIpc) is 3.18. The van der Waals surface area contributed by atoms with Crippen molar-refractivity contribution in [3.63, 3.8) is 0 Å². The van der Waals surface area contributed by atoms with Gasteiger partial charge in [0.05, 0.1) is 22.8 Å². The predicted molar refractivity (Wildman–Crippen MR) is 122 cm³/mol. The topological polar surface area (TPSA) is 52.2 Å². The lowest BCUT2D eigenvalue weighted by molar-refractivity contribution is 0.734. The van der Waals surface area contributed by atoms with Gasteiger partial charge < -0.3 is 4.57 Å². The zero-order chi connectivity index (χ0) is 20.5. The van der Waals surface area contributed by atoms with Gasteiger partial charge in [0.25, 0.3) is 5.56 Å². The van der Waals surface area contributed by atoms with Crippen LogP contribution in [0.3, 0.4) is 0 Å². The number of aromatic nitrogens is 3. The van der Waals surface area contributed by atoms with Crippen molar-refractivity contribution < 1.29 is 0 Å². The van der Waals surface area contributed by atoms with E-state index in [2.05, 4.69) is 26.0 Å². The summed E-state index contributed by atoms with van der Waals surface area (Å²) < 4.78 is 4.20. The number of fused-ring (bicyclic) bond motifs is 1. The van der Waals surface area contributed by atoms with Gasteiger partial charge in [-0.3, -0.25) is 4.79 Å². The second-order valence-electron chi connectivity index (χ2n) is 6.64. The normalized spacial score (nSPS) is 11.6. The van der Waals surface area contributed by atoms with Crippen LogP contribution in [0, 0.1) is 6.92 Å². The van der Waals surface area contributed by atoms with E-state index in [1.807, 2.05) is 67.1 Å². The third-order valence-electron chi connectivity index (χ3n) is 4.70. The number of hydrogen-bond donors (Lipinski definition) is 0. The molecule has 0 saturated heterocycles. The molecule has 4 aromatic rings. The van der Waals surface area contributed by atoms with Crippen molar-refractivity contribution in [2.45, 2.75) is 20.3 Å². The Hall–Kier alpha value is -2.70. The molecule has 0 fully saturated rings. The Morgan fingerprint density at radius 1 is 1.21 bits per heavy atom. The van der Waals surface area contributed by atoms with Crippen LogP contribution in [0.25, 0.3) is 16.6 Å². The lowest BCUT2D eigenvalue weighted by Gasteiger charge is -2.10. The molecule has 0 saturated carbocycles. The van der Waals surface area contributed by atoms with Gasteiger partial charge in [-0.15, -0.1) is 0 Å². The second-order valence-corrected chi connectivity index (χ2v) is 7.96.